The summed E-state index contributed by atoms with van der Waals surface area (Å²) in [5.41, 5.74) is 0. The number of likely N-dealkylation sites (N-methyl/N-ethyl adjacent to an activating group) is 1. The quantitative estimate of drug-likeness (QED) is 0.274. The van der Waals surface area contributed by atoms with Gasteiger partial charge in [0.05, 0.1) is 20.7 Å². The smallest absolute Gasteiger partial charge is 0.105 e. The highest BCUT2D eigenvalue weighted by molar-refractivity contribution is 4.56. The number of unbranched alkanes of at least 4 members (excludes halogenated alkanes) is 12. The molecule has 0 saturated heterocycles. The van der Waals surface area contributed by atoms with Crippen LogP contribution in [0.3, 0.4) is 0 Å². The predicted octanol–water partition coefficient (Wildman–Crippen LogP) is 4.90. The highest BCUT2D eigenvalue weighted by Crippen LogP contribution is 2.14. The minimum absolute atomic E-state index is 0.193. The first-order chi connectivity index (χ1) is 11.5. The summed E-state index contributed by atoms with van der Waals surface area (Å²) in [7, 11) is 4.15. The molecule has 2 N–H and O–H groups in total. The summed E-state index contributed by atoms with van der Waals surface area (Å²) in [5, 5.41) is 19.1. The van der Waals surface area contributed by atoms with Crippen molar-refractivity contribution in [3.05, 3.63) is 0 Å². The number of hydrogen-bond donors (Lipinski definition) is 2. The van der Waals surface area contributed by atoms with Crippen LogP contribution in [0.2, 0.25) is 0 Å². The molecule has 3 nitrogen and oxygen atoms in total. The molecule has 0 aliphatic carbocycles. The van der Waals surface area contributed by atoms with E-state index in [0.717, 1.165) is 25.9 Å². The SMILES string of the molecule is CCCCCCCCCCCCCCC[C@H](O)C[N+](C)(C)CCO. The first-order valence-corrected chi connectivity index (χ1v) is 10.6. The largest absolute Gasteiger partial charge is 0.391 e. The Morgan fingerprint density at radius 3 is 1.54 bits per heavy atom. The van der Waals surface area contributed by atoms with Gasteiger partial charge in [-0.15, -0.1) is 0 Å². The summed E-state index contributed by atoms with van der Waals surface area (Å²) in [6, 6.07) is 0. The second kappa shape index (κ2) is 16.4. The fourth-order valence-electron chi connectivity index (χ4n) is 3.42. The molecule has 0 radical (unpaired) electrons. The number of nitrogens with zero attached hydrogens (tertiary/aromatic N) is 1. The van der Waals surface area contributed by atoms with Gasteiger partial charge in [-0.05, 0) is 6.42 Å². The lowest BCUT2D eigenvalue weighted by molar-refractivity contribution is -0.893. The first-order valence-electron chi connectivity index (χ1n) is 10.6. The Kier molecular flexibility index (Phi) is 16.3. The van der Waals surface area contributed by atoms with Crippen LogP contribution < -0.4 is 0 Å². The van der Waals surface area contributed by atoms with Crippen molar-refractivity contribution in [1.29, 1.82) is 0 Å². The van der Waals surface area contributed by atoms with E-state index in [0.29, 0.717) is 4.48 Å². The lowest BCUT2D eigenvalue weighted by Crippen LogP contribution is -2.47. The van der Waals surface area contributed by atoms with E-state index >= 15 is 0 Å². The molecule has 0 aromatic rings. The summed E-state index contributed by atoms with van der Waals surface area (Å²) < 4.78 is 0.704. The molecule has 0 saturated carbocycles. The van der Waals surface area contributed by atoms with Crippen LogP contribution in [0.5, 0.6) is 0 Å². The van der Waals surface area contributed by atoms with Crippen LogP contribution in [0, 0.1) is 0 Å². The van der Waals surface area contributed by atoms with E-state index in [1.807, 2.05) is 0 Å². The van der Waals surface area contributed by atoms with Gasteiger partial charge in [0.15, 0.2) is 0 Å². The summed E-state index contributed by atoms with van der Waals surface area (Å²) in [6.45, 7) is 3.94. The third-order valence-electron chi connectivity index (χ3n) is 5.05. The van der Waals surface area contributed by atoms with E-state index in [-0.39, 0.29) is 12.7 Å². The van der Waals surface area contributed by atoms with Gasteiger partial charge >= 0.3 is 0 Å². The van der Waals surface area contributed by atoms with Crippen LogP contribution in [-0.2, 0) is 0 Å². The summed E-state index contributed by atoms with van der Waals surface area (Å²) in [4.78, 5) is 0. The van der Waals surface area contributed by atoms with E-state index in [1.54, 1.807) is 0 Å². The fourth-order valence-corrected chi connectivity index (χ4v) is 3.42. The molecule has 0 bridgehead atoms. The number of hydrogen-bond acceptors (Lipinski definition) is 2. The first kappa shape index (κ1) is 23.9. The molecule has 0 aliphatic heterocycles. The van der Waals surface area contributed by atoms with E-state index in [4.69, 9.17) is 5.11 Å². The maximum Gasteiger partial charge on any atom is 0.105 e. The second-order valence-electron chi connectivity index (χ2n) is 8.25. The van der Waals surface area contributed by atoms with Crippen molar-refractivity contribution in [3.63, 3.8) is 0 Å². The second-order valence-corrected chi connectivity index (χ2v) is 8.25. The molecule has 0 aliphatic rings. The monoisotopic (exact) mass is 344 g/mol. The Balaban J connectivity index is 3.27. The van der Waals surface area contributed by atoms with Gasteiger partial charge in [-0.25, -0.2) is 0 Å². The summed E-state index contributed by atoms with van der Waals surface area (Å²) >= 11 is 0. The van der Waals surface area contributed by atoms with Crippen LogP contribution in [0.15, 0.2) is 0 Å². The van der Waals surface area contributed by atoms with Crippen LogP contribution in [0.25, 0.3) is 0 Å². The summed E-state index contributed by atoms with van der Waals surface area (Å²) in [6.07, 6.45) is 18.4. The molecular formula is C21H46NO2+. The van der Waals surface area contributed by atoms with Crippen LogP contribution in [0.4, 0.5) is 0 Å². The zero-order valence-electron chi connectivity index (χ0n) is 16.9. The lowest BCUT2D eigenvalue weighted by atomic mass is 10.0. The normalized spacial score (nSPS) is 13.4. The lowest BCUT2D eigenvalue weighted by Gasteiger charge is -2.31. The molecule has 0 aromatic heterocycles. The topological polar surface area (TPSA) is 40.5 Å². The number of quaternary nitrogens is 1. The Hall–Kier alpha value is -0.120. The van der Waals surface area contributed by atoms with Crippen molar-refractivity contribution in [2.24, 2.45) is 0 Å². The van der Waals surface area contributed by atoms with Crippen molar-refractivity contribution >= 4 is 0 Å². The maximum atomic E-state index is 10.1. The standard InChI is InChI=1S/C21H46NO2/c1-4-5-6-7-8-9-10-11-12-13-14-15-16-17-21(24)20-22(2,3)18-19-23/h21,23-24H,4-20H2,1-3H3/q+1/t21-/m0/s1. The molecule has 0 rings (SSSR count). The van der Waals surface area contributed by atoms with Crippen molar-refractivity contribution in [2.45, 2.75) is 103 Å². The van der Waals surface area contributed by atoms with Gasteiger partial charge in [0.2, 0.25) is 0 Å². The minimum Gasteiger partial charge on any atom is -0.391 e. The number of aliphatic hydroxyl groups excluding tert-OH is 2. The van der Waals surface area contributed by atoms with Gasteiger partial charge < -0.3 is 14.7 Å². The highest BCUT2D eigenvalue weighted by atomic mass is 16.3. The summed E-state index contributed by atoms with van der Waals surface area (Å²) in [5.74, 6) is 0. The number of aliphatic hydroxyl groups is 2. The van der Waals surface area contributed by atoms with Crippen molar-refractivity contribution < 1.29 is 14.7 Å². The zero-order chi connectivity index (χ0) is 18.1. The molecule has 0 spiro atoms. The van der Waals surface area contributed by atoms with Crippen molar-refractivity contribution in [3.8, 4) is 0 Å². The Morgan fingerprint density at radius 1 is 0.708 bits per heavy atom. The molecular weight excluding hydrogens is 298 g/mol. The van der Waals surface area contributed by atoms with E-state index in [1.165, 1.54) is 77.0 Å². The average Bonchev–Trinajstić information content (AvgIpc) is 2.51. The Bertz CT molecular complexity index is 256. The third-order valence-corrected chi connectivity index (χ3v) is 5.05. The van der Waals surface area contributed by atoms with Crippen molar-refractivity contribution in [1.82, 2.24) is 0 Å². The molecule has 0 unspecified atom stereocenters. The molecule has 0 heterocycles. The molecule has 3 heteroatoms. The van der Waals surface area contributed by atoms with E-state index in [9.17, 15) is 5.11 Å². The maximum absolute atomic E-state index is 10.1. The highest BCUT2D eigenvalue weighted by Gasteiger charge is 2.19. The molecule has 146 valence electrons. The van der Waals surface area contributed by atoms with Crippen LogP contribution >= 0.6 is 0 Å². The van der Waals surface area contributed by atoms with Gasteiger partial charge in [-0.2, -0.15) is 0 Å². The van der Waals surface area contributed by atoms with Crippen LogP contribution in [0.1, 0.15) is 96.8 Å². The van der Waals surface area contributed by atoms with Crippen molar-refractivity contribution in [2.75, 3.05) is 33.8 Å². The van der Waals surface area contributed by atoms with Crippen LogP contribution in [-0.4, -0.2) is 54.6 Å². The average molecular weight is 345 g/mol. The third kappa shape index (κ3) is 16.7. The molecule has 24 heavy (non-hydrogen) atoms. The van der Waals surface area contributed by atoms with Gasteiger partial charge in [0.1, 0.15) is 19.2 Å². The molecule has 0 fully saturated rings. The van der Waals surface area contributed by atoms with Gasteiger partial charge in [-0.3, -0.25) is 0 Å². The predicted molar refractivity (Wildman–Crippen MR) is 105 cm³/mol. The minimum atomic E-state index is -0.223. The molecule has 1 atom stereocenters. The molecule has 0 amide bonds. The van der Waals surface area contributed by atoms with Gasteiger partial charge in [0, 0.05) is 0 Å². The van der Waals surface area contributed by atoms with Gasteiger partial charge in [-0.1, -0.05) is 90.4 Å². The number of rotatable bonds is 18. The zero-order valence-corrected chi connectivity index (χ0v) is 16.9. The Labute approximate surface area is 152 Å². The Morgan fingerprint density at radius 2 is 1.12 bits per heavy atom. The van der Waals surface area contributed by atoms with E-state index < -0.39 is 0 Å². The fraction of sp³-hybridized carbons (Fsp3) is 1.00. The van der Waals surface area contributed by atoms with Gasteiger partial charge in [0.25, 0.3) is 0 Å². The van der Waals surface area contributed by atoms with E-state index in [2.05, 4.69) is 21.0 Å². The molecule has 0 aromatic carbocycles.